The molecule has 0 saturated carbocycles. The SMILES string of the molecule is CC(C)(C)OC(=O)NC(CO)C(=O)NCC(=O)c1ccc(Cl)cc1Cl. The van der Waals surface area contributed by atoms with Crippen molar-refractivity contribution in [3.05, 3.63) is 33.8 Å². The van der Waals surface area contributed by atoms with Gasteiger partial charge >= 0.3 is 6.09 Å². The Hall–Kier alpha value is -1.83. The fraction of sp³-hybridized carbons (Fsp3) is 0.438. The van der Waals surface area contributed by atoms with Crippen LogP contribution in [0.1, 0.15) is 31.1 Å². The Labute approximate surface area is 155 Å². The van der Waals surface area contributed by atoms with E-state index >= 15 is 0 Å². The highest BCUT2D eigenvalue weighted by Crippen LogP contribution is 2.21. The number of hydrogen-bond donors (Lipinski definition) is 3. The quantitative estimate of drug-likeness (QED) is 0.645. The number of aliphatic hydroxyl groups excluding tert-OH is 1. The lowest BCUT2D eigenvalue weighted by Gasteiger charge is -2.22. The summed E-state index contributed by atoms with van der Waals surface area (Å²) in [6.07, 6.45) is -0.853. The minimum Gasteiger partial charge on any atom is -0.444 e. The standard InChI is InChI=1S/C16H20Cl2N2O5/c1-16(2,3)25-15(24)20-12(8-21)14(23)19-7-13(22)10-5-4-9(17)6-11(10)18/h4-6,12,21H,7-8H2,1-3H3,(H,19,23)(H,20,24). The molecule has 0 saturated heterocycles. The topological polar surface area (TPSA) is 105 Å². The number of amides is 2. The first-order chi connectivity index (χ1) is 11.5. The highest BCUT2D eigenvalue weighted by molar-refractivity contribution is 6.36. The van der Waals surface area contributed by atoms with Gasteiger partial charge < -0.3 is 20.5 Å². The van der Waals surface area contributed by atoms with Crippen LogP contribution in [0.25, 0.3) is 0 Å². The number of ether oxygens (including phenoxy) is 1. The third-order valence-corrected chi connectivity index (χ3v) is 3.39. The molecule has 0 bridgehead atoms. The number of carbonyl (C=O) groups is 3. The van der Waals surface area contributed by atoms with Crippen molar-refractivity contribution in [2.24, 2.45) is 0 Å². The number of benzene rings is 1. The molecule has 0 aliphatic rings. The van der Waals surface area contributed by atoms with Gasteiger partial charge in [-0.15, -0.1) is 0 Å². The van der Waals surface area contributed by atoms with E-state index in [0.29, 0.717) is 5.02 Å². The molecule has 1 aromatic rings. The third kappa shape index (κ3) is 7.29. The van der Waals surface area contributed by atoms with Gasteiger partial charge in [-0.1, -0.05) is 23.2 Å². The molecule has 1 unspecified atom stereocenters. The van der Waals surface area contributed by atoms with Gasteiger partial charge in [0, 0.05) is 10.6 Å². The Bertz CT molecular complexity index is 658. The van der Waals surface area contributed by atoms with Crippen LogP contribution in [0.4, 0.5) is 4.79 Å². The van der Waals surface area contributed by atoms with Crippen molar-refractivity contribution in [3.8, 4) is 0 Å². The average Bonchev–Trinajstić information content (AvgIpc) is 2.48. The van der Waals surface area contributed by atoms with E-state index < -0.39 is 36.0 Å². The Kier molecular flexibility index (Phi) is 7.66. The summed E-state index contributed by atoms with van der Waals surface area (Å²) in [4.78, 5) is 35.7. The van der Waals surface area contributed by atoms with Gasteiger partial charge in [0.2, 0.25) is 5.91 Å². The Morgan fingerprint density at radius 3 is 2.40 bits per heavy atom. The number of carbonyl (C=O) groups excluding carboxylic acids is 3. The average molecular weight is 391 g/mol. The summed E-state index contributed by atoms with van der Waals surface area (Å²) >= 11 is 11.7. The molecule has 2 amide bonds. The molecule has 7 nitrogen and oxygen atoms in total. The van der Waals surface area contributed by atoms with E-state index in [9.17, 15) is 19.5 Å². The number of halogens is 2. The number of aliphatic hydroxyl groups is 1. The molecule has 9 heteroatoms. The third-order valence-electron chi connectivity index (χ3n) is 2.84. The van der Waals surface area contributed by atoms with E-state index in [1.54, 1.807) is 20.8 Å². The van der Waals surface area contributed by atoms with Crippen LogP contribution in [0.5, 0.6) is 0 Å². The monoisotopic (exact) mass is 390 g/mol. The van der Waals surface area contributed by atoms with Gasteiger partial charge in [0.05, 0.1) is 18.2 Å². The predicted molar refractivity (Wildman–Crippen MR) is 94.0 cm³/mol. The van der Waals surface area contributed by atoms with Crippen LogP contribution in [-0.2, 0) is 9.53 Å². The second-order valence-electron chi connectivity index (χ2n) is 6.15. The zero-order valence-electron chi connectivity index (χ0n) is 14.1. The zero-order valence-corrected chi connectivity index (χ0v) is 15.6. The molecule has 138 valence electrons. The zero-order chi connectivity index (χ0) is 19.2. The van der Waals surface area contributed by atoms with E-state index in [2.05, 4.69) is 10.6 Å². The molecule has 1 aromatic carbocycles. The lowest BCUT2D eigenvalue weighted by molar-refractivity contribution is -0.123. The van der Waals surface area contributed by atoms with Gasteiger partial charge in [-0.25, -0.2) is 4.79 Å². The summed E-state index contributed by atoms with van der Waals surface area (Å²) in [5.41, 5.74) is -0.547. The predicted octanol–water partition coefficient (Wildman–Crippen LogP) is 2.18. The fourth-order valence-corrected chi connectivity index (χ4v) is 2.26. The van der Waals surface area contributed by atoms with E-state index in [0.717, 1.165) is 0 Å². The maximum atomic E-state index is 12.1. The number of hydrogen-bond acceptors (Lipinski definition) is 5. The van der Waals surface area contributed by atoms with Crippen LogP contribution < -0.4 is 10.6 Å². The minimum atomic E-state index is -1.25. The Morgan fingerprint density at radius 1 is 1.24 bits per heavy atom. The van der Waals surface area contributed by atoms with Crippen LogP contribution >= 0.6 is 23.2 Å². The largest absolute Gasteiger partial charge is 0.444 e. The molecule has 0 radical (unpaired) electrons. The van der Waals surface area contributed by atoms with Crippen LogP contribution in [0.15, 0.2) is 18.2 Å². The summed E-state index contributed by atoms with van der Waals surface area (Å²) in [6.45, 7) is 3.98. The molecule has 0 aromatic heterocycles. The molecular weight excluding hydrogens is 371 g/mol. The number of ketones is 1. The van der Waals surface area contributed by atoms with Crippen molar-refractivity contribution >= 4 is 41.0 Å². The molecule has 0 fully saturated rings. The molecule has 0 heterocycles. The first-order valence-corrected chi connectivity index (χ1v) is 8.15. The van der Waals surface area contributed by atoms with Crippen LogP contribution in [-0.4, -0.2) is 47.7 Å². The molecular formula is C16H20Cl2N2O5. The number of nitrogens with one attached hydrogen (secondary N) is 2. The van der Waals surface area contributed by atoms with Crippen LogP contribution in [0.3, 0.4) is 0 Å². The first-order valence-electron chi connectivity index (χ1n) is 7.40. The van der Waals surface area contributed by atoms with Gasteiger partial charge in [-0.2, -0.15) is 0 Å². The van der Waals surface area contributed by atoms with Gasteiger partial charge in [0.1, 0.15) is 11.6 Å². The Balaban J connectivity index is 2.61. The highest BCUT2D eigenvalue weighted by Gasteiger charge is 2.24. The van der Waals surface area contributed by atoms with Crippen molar-refractivity contribution in [1.82, 2.24) is 10.6 Å². The summed E-state index contributed by atoms with van der Waals surface area (Å²) in [5, 5.41) is 14.4. The van der Waals surface area contributed by atoms with Gasteiger partial charge in [0.15, 0.2) is 5.78 Å². The number of Topliss-reactive ketones (excluding diaryl/α,β-unsaturated/α-hetero) is 1. The van der Waals surface area contributed by atoms with Crippen molar-refractivity contribution in [2.45, 2.75) is 32.4 Å². The molecule has 1 atom stereocenters. The second kappa shape index (κ2) is 9.03. The summed E-state index contributed by atoms with van der Waals surface area (Å²) in [6, 6.07) is 3.12. The Morgan fingerprint density at radius 2 is 1.88 bits per heavy atom. The maximum absolute atomic E-state index is 12.1. The second-order valence-corrected chi connectivity index (χ2v) is 6.99. The van der Waals surface area contributed by atoms with Crippen molar-refractivity contribution in [3.63, 3.8) is 0 Å². The summed E-state index contributed by atoms with van der Waals surface area (Å²) < 4.78 is 5.00. The molecule has 1 rings (SSSR count). The lowest BCUT2D eigenvalue weighted by Crippen LogP contribution is -2.51. The smallest absolute Gasteiger partial charge is 0.408 e. The molecule has 25 heavy (non-hydrogen) atoms. The van der Waals surface area contributed by atoms with Crippen molar-refractivity contribution < 1.29 is 24.2 Å². The summed E-state index contributed by atoms with van der Waals surface area (Å²) in [5.74, 6) is -1.17. The van der Waals surface area contributed by atoms with Gasteiger partial charge in [0.25, 0.3) is 0 Å². The molecule has 0 aliphatic carbocycles. The van der Waals surface area contributed by atoms with Gasteiger partial charge in [-0.05, 0) is 39.0 Å². The molecule has 0 aliphatic heterocycles. The normalized spacial score (nSPS) is 12.2. The van der Waals surface area contributed by atoms with Crippen molar-refractivity contribution in [2.75, 3.05) is 13.2 Å². The maximum Gasteiger partial charge on any atom is 0.408 e. The lowest BCUT2D eigenvalue weighted by atomic mass is 10.1. The van der Waals surface area contributed by atoms with Crippen LogP contribution in [0.2, 0.25) is 10.0 Å². The molecule has 0 spiro atoms. The van der Waals surface area contributed by atoms with Gasteiger partial charge in [-0.3, -0.25) is 9.59 Å². The first kappa shape index (κ1) is 21.2. The number of alkyl carbamates (subject to hydrolysis) is 1. The molecule has 3 N–H and O–H groups in total. The minimum absolute atomic E-state index is 0.164. The fourth-order valence-electron chi connectivity index (χ4n) is 1.75. The van der Waals surface area contributed by atoms with E-state index in [1.807, 2.05) is 0 Å². The highest BCUT2D eigenvalue weighted by atomic mass is 35.5. The van der Waals surface area contributed by atoms with Crippen molar-refractivity contribution in [1.29, 1.82) is 0 Å². The van der Waals surface area contributed by atoms with E-state index in [-0.39, 0.29) is 17.1 Å². The van der Waals surface area contributed by atoms with E-state index in [1.165, 1.54) is 18.2 Å². The summed E-state index contributed by atoms with van der Waals surface area (Å²) in [7, 11) is 0. The van der Waals surface area contributed by atoms with E-state index in [4.69, 9.17) is 27.9 Å². The number of rotatable bonds is 6. The van der Waals surface area contributed by atoms with Crippen LogP contribution in [0, 0.1) is 0 Å².